The lowest BCUT2D eigenvalue weighted by Gasteiger charge is -2.44. The third kappa shape index (κ3) is 3.15. The highest BCUT2D eigenvalue weighted by Crippen LogP contribution is 2.32. The maximum Gasteiger partial charge on any atom is 0.126 e. The second kappa shape index (κ2) is 6.49. The third-order valence-electron chi connectivity index (χ3n) is 4.41. The van der Waals surface area contributed by atoms with Crippen LogP contribution in [0.3, 0.4) is 0 Å². The summed E-state index contributed by atoms with van der Waals surface area (Å²) < 4.78 is 13.4. The molecule has 3 heteroatoms. The minimum Gasteiger partial charge on any atom is -0.322 e. The standard InChI is InChI=1S/C16H27FN2/c1-6-16(5,19(7-2)8-3)15(18)13-9-10-14(17)12(4)11-13/h9-11,15H,6-8,18H2,1-5H3. The van der Waals surface area contributed by atoms with E-state index in [1.807, 2.05) is 12.1 Å². The van der Waals surface area contributed by atoms with E-state index in [-0.39, 0.29) is 17.4 Å². The van der Waals surface area contributed by atoms with Crippen molar-refractivity contribution in [3.63, 3.8) is 0 Å². The summed E-state index contributed by atoms with van der Waals surface area (Å²) in [5, 5.41) is 0. The van der Waals surface area contributed by atoms with Crippen LogP contribution in [0.15, 0.2) is 18.2 Å². The predicted molar refractivity (Wildman–Crippen MR) is 79.7 cm³/mol. The van der Waals surface area contributed by atoms with Crippen molar-refractivity contribution in [1.82, 2.24) is 4.90 Å². The fourth-order valence-electron chi connectivity index (χ4n) is 2.81. The number of rotatable bonds is 6. The number of benzene rings is 1. The Balaban J connectivity index is 3.13. The van der Waals surface area contributed by atoms with Gasteiger partial charge in [-0.2, -0.15) is 0 Å². The Morgan fingerprint density at radius 3 is 2.26 bits per heavy atom. The van der Waals surface area contributed by atoms with Crippen molar-refractivity contribution in [3.05, 3.63) is 35.1 Å². The Labute approximate surface area is 116 Å². The summed E-state index contributed by atoms with van der Waals surface area (Å²) in [7, 11) is 0. The Bertz CT molecular complexity index is 415. The summed E-state index contributed by atoms with van der Waals surface area (Å²) in [6, 6.07) is 5.08. The molecule has 2 atom stereocenters. The van der Waals surface area contributed by atoms with E-state index in [0.29, 0.717) is 5.56 Å². The molecule has 108 valence electrons. The first-order valence-electron chi connectivity index (χ1n) is 7.17. The number of hydrogen-bond donors (Lipinski definition) is 1. The van der Waals surface area contributed by atoms with Crippen LogP contribution in [0.25, 0.3) is 0 Å². The molecule has 0 aliphatic carbocycles. The quantitative estimate of drug-likeness (QED) is 0.851. The number of likely N-dealkylation sites (N-methyl/N-ethyl adjacent to an activating group) is 1. The molecule has 0 aromatic heterocycles. The fraction of sp³-hybridized carbons (Fsp3) is 0.625. The topological polar surface area (TPSA) is 29.3 Å². The second-order valence-electron chi connectivity index (χ2n) is 5.37. The number of nitrogens with zero attached hydrogens (tertiary/aromatic N) is 1. The Morgan fingerprint density at radius 1 is 1.26 bits per heavy atom. The van der Waals surface area contributed by atoms with E-state index in [1.54, 1.807) is 6.92 Å². The largest absolute Gasteiger partial charge is 0.322 e. The molecule has 2 nitrogen and oxygen atoms in total. The normalized spacial score (nSPS) is 16.4. The Hall–Kier alpha value is -0.930. The van der Waals surface area contributed by atoms with Gasteiger partial charge in [-0.1, -0.05) is 32.9 Å². The number of halogens is 1. The smallest absolute Gasteiger partial charge is 0.126 e. The zero-order chi connectivity index (χ0) is 14.6. The van der Waals surface area contributed by atoms with E-state index < -0.39 is 0 Å². The van der Waals surface area contributed by atoms with Crippen LogP contribution >= 0.6 is 0 Å². The molecule has 2 N–H and O–H groups in total. The molecule has 0 radical (unpaired) electrons. The van der Waals surface area contributed by atoms with Crippen molar-refractivity contribution in [2.45, 2.75) is 52.6 Å². The summed E-state index contributed by atoms with van der Waals surface area (Å²) in [5.41, 5.74) is 8.06. The van der Waals surface area contributed by atoms with Crippen LogP contribution in [-0.2, 0) is 0 Å². The number of aryl methyl sites for hydroxylation is 1. The minimum absolute atomic E-state index is 0.103. The van der Waals surface area contributed by atoms with E-state index in [2.05, 4.69) is 32.6 Å². The molecule has 1 aromatic rings. The summed E-state index contributed by atoms with van der Waals surface area (Å²) in [5.74, 6) is -0.169. The van der Waals surface area contributed by atoms with Crippen LogP contribution in [0.1, 0.15) is 51.3 Å². The molecule has 0 aliphatic heterocycles. The highest BCUT2D eigenvalue weighted by Gasteiger charge is 2.35. The van der Waals surface area contributed by atoms with Crippen molar-refractivity contribution in [3.8, 4) is 0 Å². The lowest BCUT2D eigenvalue weighted by Crippen LogP contribution is -2.53. The molecule has 0 heterocycles. The average Bonchev–Trinajstić information content (AvgIpc) is 2.42. The molecule has 0 saturated carbocycles. The summed E-state index contributed by atoms with van der Waals surface area (Å²) in [4.78, 5) is 2.39. The van der Waals surface area contributed by atoms with E-state index in [1.165, 1.54) is 6.07 Å². The van der Waals surface area contributed by atoms with E-state index in [0.717, 1.165) is 25.1 Å². The van der Waals surface area contributed by atoms with Crippen LogP contribution in [0.4, 0.5) is 4.39 Å². The lowest BCUT2D eigenvalue weighted by molar-refractivity contribution is 0.0844. The van der Waals surface area contributed by atoms with Crippen LogP contribution in [0.5, 0.6) is 0 Å². The molecule has 0 bridgehead atoms. The van der Waals surface area contributed by atoms with Crippen molar-refractivity contribution in [2.75, 3.05) is 13.1 Å². The highest BCUT2D eigenvalue weighted by molar-refractivity contribution is 5.28. The first kappa shape index (κ1) is 16.1. The van der Waals surface area contributed by atoms with E-state index in [9.17, 15) is 4.39 Å². The molecule has 1 rings (SSSR count). The van der Waals surface area contributed by atoms with Gasteiger partial charge in [0.1, 0.15) is 5.82 Å². The van der Waals surface area contributed by atoms with Crippen LogP contribution < -0.4 is 5.73 Å². The molecular formula is C16H27FN2. The molecule has 0 spiro atoms. The van der Waals surface area contributed by atoms with Crippen molar-refractivity contribution < 1.29 is 4.39 Å². The SMILES string of the molecule is CCN(CC)C(C)(CC)C(N)c1ccc(F)c(C)c1. The van der Waals surface area contributed by atoms with Gasteiger partial charge >= 0.3 is 0 Å². The van der Waals surface area contributed by atoms with Crippen molar-refractivity contribution >= 4 is 0 Å². The molecule has 0 fully saturated rings. The zero-order valence-corrected chi connectivity index (χ0v) is 12.8. The van der Waals surface area contributed by atoms with Crippen molar-refractivity contribution in [2.24, 2.45) is 5.73 Å². The highest BCUT2D eigenvalue weighted by atomic mass is 19.1. The van der Waals surface area contributed by atoms with Crippen molar-refractivity contribution in [1.29, 1.82) is 0 Å². The van der Waals surface area contributed by atoms with Gasteiger partial charge in [-0.05, 0) is 50.6 Å². The van der Waals surface area contributed by atoms with Crippen LogP contribution in [0, 0.1) is 12.7 Å². The first-order chi connectivity index (χ1) is 8.90. The summed E-state index contributed by atoms with van der Waals surface area (Å²) in [6.45, 7) is 12.4. The van der Waals surface area contributed by atoms with Gasteiger partial charge in [0.2, 0.25) is 0 Å². The predicted octanol–water partition coefficient (Wildman–Crippen LogP) is 3.64. The van der Waals surface area contributed by atoms with Gasteiger partial charge in [-0.25, -0.2) is 4.39 Å². The van der Waals surface area contributed by atoms with Crippen LogP contribution in [0.2, 0.25) is 0 Å². The van der Waals surface area contributed by atoms with Gasteiger partial charge in [0.05, 0.1) is 0 Å². The number of hydrogen-bond acceptors (Lipinski definition) is 2. The third-order valence-corrected chi connectivity index (χ3v) is 4.41. The van der Waals surface area contributed by atoms with Gasteiger partial charge in [0.25, 0.3) is 0 Å². The molecule has 2 unspecified atom stereocenters. The number of nitrogens with two attached hydrogens (primary N) is 1. The summed E-state index contributed by atoms with van der Waals surface area (Å²) in [6.07, 6.45) is 0.965. The first-order valence-corrected chi connectivity index (χ1v) is 7.17. The Kier molecular flexibility index (Phi) is 5.50. The maximum atomic E-state index is 13.4. The second-order valence-corrected chi connectivity index (χ2v) is 5.37. The van der Waals surface area contributed by atoms with Gasteiger partial charge in [-0.15, -0.1) is 0 Å². The molecule has 0 saturated heterocycles. The monoisotopic (exact) mass is 266 g/mol. The van der Waals surface area contributed by atoms with Crippen LogP contribution in [-0.4, -0.2) is 23.5 Å². The maximum absolute atomic E-state index is 13.4. The molecule has 0 amide bonds. The van der Waals surface area contributed by atoms with E-state index in [4.69, 9.17) is 5.73 Å². The molecule has 19 heavy (non-hydrogen) atoms. The lowest BCUT2D eigenvalue weighted by atomic mass is 9.83. The fourth-order valence-corrected chi connectivity index (χ4v) is 2.81. The Morgan fingerprint density at radius 2 is 1.84 bits per heavy atom. The van der Waals surface area contributed by atoms with Gasteiger partial charge < -0.3 is 5.73 Å². The minimum atomic E-state index is -0.169. The molecule has 0 aliphatic rings. The zero-order valence-electron chi connectivity index (χ0n) is 12.8. The average molecular weight is 266 g/mol. The van der Waals surface area contributed by atoms with E-state index >= 15 is 0 Å². The van der Waals surface area contributed by atoms with Gasteiger partial charge in [0.15, 0.2) is 0 Å². The van der Waals surface area contributed by atoms with Gasteiger partial charge in [-0.3, -0.25) is 4.90 Å². The van der Waals surface area contributed by atoms with Gasteiger partial charge in [0, 0.05) is 11.6 Å². The summed E-state index contributed by atoms with van der Waals surface area (Å²) >= 11 is 0. The molecular weight excluding hydrogens is 239 g/mol. The molecule has 1 aromatic carbocycles.